The van der Waals surface area contributed by atoms with Crippen molar-refractivity contribution in [3.63, 3.8) is 0 Å². The lowest BCUT2D eigenvalue weighted by molar-refractivity contribution is -0.385. The van der Waals surface area contributed by atoms with Gasteiger partial charge in [0.1, 0.15) is 30.2 Å². The van der Waals surface area contributed by atoms with Crippen LogP contribution in [0.1, 0.15) is 38.7 Å². The minimum Gasteiger partial charge on any atom is -0.502 e. The van der Waals surface area contributed by atoms with Crippen molar-refractivity contribution in [1.82, 2.24) is 42.1 Å². The Morgan fingerprint density at radius 2 is 1.50 bits per heavy atom. The van der Waals surface area contributed by atoms with Crippen LogP contribution in [0.3, 0.4) is 0 Å². The molecule has 64 heavy (non-hydrogen) atoms. The summed E-state index contributed by atoms with van der Waals surface area (Å²) in [6.07, 6.45) is -3.82. The summed E-state index contributed by atoms with van der Waals surface area (Å²) in [4.78, 5) is 142. The standard InChI is InChI=1S/C36H51N11O15S2/c1-16(2)10-39-23-15-64-63-14-22(31(38)55)45-34(58)20(8-27(37)50)44-36(60)25-7-18(48)13-46(25)29(52)12-41-32(56)19(5-17-3-4-26(49)24(6-17)47(61)62)42-28(51)11-40-33(57)21(9-30(53)54)43-35(23)59/h3-4,6,16,18-23,25,39,48-49H,5,7-15H2,1-2H3,(H2,37,50)(H2,38,55)(H,40,57)(H,41,56)(H,42,51)(H,43,59)(H,44,60)(H,45,58)(H,53,54)/t18-,19+,20+,21-,22-,23-,25+/m1/s1. The first-order valence-electron chi connectivity index (χ1n) is 19.5. The highest BCUT2D eigenvalue weighted by atomic mass is 33.1. The van der Waals surface area contributed by atoms with Gasteiger partial charge < -0.3 is 68.9 Å². The number of hydrogen-bond donors (Lipinski definition) is 12. The number of aliphatic carboxylic acids is 1. The molecule has 9 amide bonds. The number of aromatic hydroxyl groups is 1. The number of aliphatic hydroxyl groups is 1. The monoisotopic (exact) mass is 941 g/mol. The number of primary amides is 2. The van der Waals surface area contributed by atoms with Gasteiger partial charge in [-0.15, -0.1) is 0 Å². The third kappa shape index (κ3) is 16.5. The first-order chi connectivity index (χ1) is 30.1. The Balaban J connectivity index is 2.01. The second-order valence-corrected chi connectivity index (χ2v) is 17.6. The number of aliphatic hydroxyl groups excluding tert-OH is 1. The molecule has 28 heteroatoms. The molecule has 2 heterocycles. The third-order valence-corrected chi connectivity index (χ3v) is 11.8. The van der Waals surface area contributed by atoms with Gasteiger partial charge in [0.15, 0.2) is 5.75 Å². The number of carbonyl (C=O) groups excluding carboxylic acids is 9. The minimum atomic E-state index is -1.73. The number of nitrogens with zero attached hydrogens (tertiary/aromatic N) is 2. The number of phenolic OH excluding ortho intramolecular Hbond substituents is 1. The lowest BCUT2D eigenvalue weighted by atomic mass is 10.0. The Labute approximate surface area is 372 Å². The second kappa shape index (κ2) is 24.5. The Kier molecular flexibility index (Phi) is 20.0. The maximum Gasteiger partial charge on any atom is 0.310 e. The van der Waals surface area contributed by atoms with Crippen molar-refractivity contribution in [2.75, 3.05) is 37.7 Å². The number of carboxylic acid groups (broad SMARTS) is 1. The third-order valence-electron chi connectivity index (χ3n) is 9.42. The molecule has 0 saturated carbocycles. The van der Waals surface area contributed by atoms with Crippen LogP contribution in [0.25, 0.3) is 0 Å². The largest absolute Gasteiger partial charge is 0.502 e. The molecule has 1 aromatic rings. The molecule has 2 fully saturated rings. The van der Waals surface area contributed by atoms with E-state index in [2.05, 4.69) is 37.2 Å². The molecule has 1 aromatic carbocycles. The highest BCUT2D eigenvalue weighted by Gasteiger charge is 2.41. The number of nitro groups is 1. The van der Waals surface area contributed by atoms with Gasteiger partial charge in [-0.25, -0.2) is 0 Å². The van der Waals surface area contributed by atoms with Gasteiger partial charge in [-0.3, -0.25) is 58.1 Å². The lowest BCUT2D eigenvalue weighted by Crippen LogP contribution is -2.58. The summed E-state index contributed by atoms with van der Waals surface area (Å²) in [5.41, 5.74) is 10.2. The van der Waals surface area contributed by atoms with Crippen LogP contribution in [0.4, 0.5) is 5.69 Å². The molecule has 0 spiro atoms. The molecule has 2 saturated heterocycles. The van der Waals surface area contributed by atoms with E-state index >= 15 is 0 Å². The Bertz CT molecular complexity index is 1980. The van der Waals surface area contributed by atoms with E-state index in [0.29, 0.717) is 0 Å². The molecular formula is C36H51N11O15S2. The van der Waals surface area contributed by atoms with Crippen LogP contribution in [0.5, 0.6) is 5.75 Å². The molecule has 352 valence electrons. The first-order valence-corrected chi connectivity index (χ1v) is 22.0. The predicted molar refractivity (Wildman–Crippen MR) is 225 cm³/mol. The van der Waals surface area contributed by atoms with E-state index in [4.69, 9.17) is 11.5 Å². The number of rotatable bonds is 11. The average Bonchev–Trinajstić information content (AvgIpc) is 3.61. The van der Waals surface area contributed by atoms with Crippen LogP contribution in [0, 0.1) is 16.0 Å². The van der Waals surface area contributed by atoms with E-state index in [9.17, 15) is 73.4 Å². The fraction of sp³-hybridized carbons (Fsp3) is 0.556. The predicted octanol–water partition coefficient (Wildman–Crippen LogP) is -5.18. The van der Waals surface area contributed by atoms with Crippen LogP contribution in [-0.4, -0.2) is 164 Å². The highest BCUT2D eigenvalue weighted by molar-refractivity contribution is 8.76. The Morgan fingerprint density at radius 1 is 0.875 bits per heavy atom. The summed E-state index contributed by atoms with van der Waals surface area (Å²) >= 11 is 0. The van der Waals surface area contributed by atoms with Gasteiger partial charge in [-0.2, -0.15) is 0 Å². The summed E-state index contributed by atoms with van der Waals surface area (Å²) in [5, 5.41) is 58.2. The number of benzene rings is 1. The molecule has 0 aromatic heterocycles. The zero-order chi connectivity index (χ0) is 47.8. The molecule has 7 atom stereocenters. The molecule has 2 aliphatic rings. The molecule has 2 aliphatic heterocycles. The van der Waals surface area contributed by atoms with Crippen molar-refractivity contribution in [1.29, 1.82) is 0 Å². The number of carbonyl (C=O) groups is 10. The number of phenols is 1. The quantitative estimate of drug-likeness (QED) is 0.0560. The number of fused-ring (bicyclic) bond motifs is 1. The van der Waals surface area contributed by atoms with E-state index in [1.807, 2.05) is 13.8 Å². The van der Waals surface area contributed by atoms with Crippen molar-refractivity contribution >= 4 is 86.4 Å². The van der Waals surface area contributed by atoms with Gasteiger partial charge >= 0.3 is 11.7 Å². The van der Waals surface area contributed by atoms with E-state index in [1.54, 1.807) is 0 Å². The molecule has 0 radical (unpaired) electrons. The van der Waals surface area contributed by atoms with Crippen LogP contribution < -0.4 is 48.7 Å². The fourth-order valence-corrected chi connectivity index (χ4v) is 8.56. The first kappa shape index (κ1) is 52.1. The Morgan fingerprint density at radius 3 is 2.12 bits per heavy atom. The number of hydrogen-bond acceptors (Lipinski definition) is 17. The smallest absolute Gasteiger partial charge is 0.310 e. The summed E-state index contributed by atoms with van der Waals surface area (Å²) in [6, 6.07) is -5.92. The van der Waals surface area contributed by atoms with Crippen molar-refractivity contribution < 1.29 is 68.2 Å². The van der Waals surface area contributed by atoms with Crippen molar-refractivity contribution in [2.45, 2.75) is 81.9 Å². The lowest BCUT2D eigenvalue weighted by Gasteiger charge is -2.27. The molecule has 0 aliphatic carbocycles. The van der Waals surface area contributed by atoms with Gasteiger partial charge in [-0.05, 0) is 24.1 Å². The highest BCUT2D eigenvalue weighted by Crippen LogP contribution is 2.27. The number of amides is 9. The van der Waals surface area contributed by atoms with E-state index in [1.165, 1.54) is 6.07 Å². The number of carboxylic acids is 1. The second-order valence-electron chi connectivity index (χ2n) is 15.1. The van der Waals surface area contributed by atoms with E-state index in [0.717, 1.165) is 38.6 Å². The number of nitro benzene ring substituents is 1. The van der Waals surface area contributed by atoms with Crippen LogP contribution in [-0.2, 0) is 54.4 Å². The summed E-state index contributed by atoms with van der Waals surface area (Å²) < 4.78 is 0. The minimum absolute atomic E-state index is 0.0132. The topological polar surface area (TPSA) is 414 Å². The maximum atomic E-state index is 13.6. The molecule has 0 bridgehead atoms. The van der Waals surface area contributed by atoms with Gasteiger partial charge in [0.2, 0.25) is 53.2 Å². The fourth-order valence-electron chi connectivity index (χ4n) is 6.19. The molecule has 0 unspecified atom stereocenters. The van der Waals surface area contributed by atoms with Crippen molar-refractivity contribution in [2.24, 2.45) is 17.4 Å². The summed E-state index contributed by atoms with van der Waals surface area (Å²) in [6.45, 7) is 1.78. The molecule has 3 rings (SSSR count). The zero-order valence-corrected chi connectivity index (χ0v) is 36.2. The zero-order valence-electron chi connectivity index (χ0n) is 34.5. The molecule has 26 nitrogen and oxygen atoms in total. The summed E-state index contributed by atoms with van der Waals surface area (Å²) in [5.74, 6) is -11.6. The normalized spacial score (nSPS) is 25.2. The van der Waals surface area contributed by atoms with Gasteiger partial charge in [-0.1, -0.05) is 41.5 Å². The van der Waals surface area contributed by atoms with Crippen molar-refractivity contribution in [3.05, 3.63) is 33.9 Å². The van der Waals surface area contributed by atoms with E-state index in [-0.39, 0.29) is 36.0 Å². The SMILES string of the molecule is CC(C)CN[C@@H]1CSSC[C@H](C(N)=O)NC(=O)[C@H](CC(N)=O)NC(=O)[C@@H]2C[C@@H](O)CN2C(=O)CNC(=O)[C@H](Cc2ccc(O)c([N+](=O)[O-])c2)NC(=O)CNC(=O)[C@@H](CC(=O)O)NC1=O. The Hall–Kier alpha value is -6.26. The van der Waals surface area contributed by atoms with Gasteiger partial charge in [0.25, 0.3) is 0 Å². The van der Waals surface area contributed by atoms with Crippen LogP contribution in [0.15, 0.2) is 18.2 Å². The molecule has 14 N–H and O–H groups in total. The number of nitrogens with one attached hydrogen (secondary N) is 7. The van der Waals surface area contributed by atoms with Crippen molar-refractivity contribution in [3.8, 4) is 5.75 Å². The number of nitrogens with two attached hydrogens (primary N) is 2. The summed E-state index contributed by atoms with van der Waals surface area (Å²) in [7, 11) is 2.00. The van der Waals surface area contributed by atoms with E-state index < -0.39 is 157 Å². The van der Waals surface area contributed by atoms with Crippen LogP contribution in [0.2, 0.25) is 0 Å². The maximum absolute atomic E-state index is 13.6. The van der Waals surface area contributed by atoms with Crippen LogP contribution >= 0.6 is 21.6 Å². The molecular weight excluding hydrogens is 891 g/mol. The van der Waals surface area contributed by atoms with Gasteiger partial charge in [0.05, 0.1) is 43.0 Å². The van der Waals surface area contributed by atoms with Gasteiger partial charge in [0, 0.05) is 37.0 Å². The average molecular weight is 942 g/mol.